The van der Waals surface area contributed by atoms with Crippen molar-refractivity contribution in [3.63, 3.8) is 0 Å². The number of nitrogens with zero attached hydrogens (tertiary/aromatic N) is 2. The van der Waals surface area contributed by atoms with Gasteiger partial charge in [0.05, 0.1) is 12.7 Å². The number of carbonyl (C=O) groups excluding carboxylic acids is 1. The summed E-state index contributed by atoms with van der Waals surface area (Å²) in [5.41, 5.74) is -0.365. The second-order valence-electron chi connectivity index (χ2n) is 4.23. The van der Waals surface area contributed by atoms with Crippen LogP contribution in [-0.4, -0.2) is 41.7 Å². The highest BCUT2D eigenvalue weighted by molar-refractivity contribution is 5.66. The van der Waals surface area contributed by atoms with Gasteiger partial charge in [-0.05, 0) is 6.92 Å². The topological polar surface area (TPSA) is 98.4 Å². The third-order valence-electron chi connectivity index (χ3n) is 2.65. The van der Waals surface area contributed by atoms with Crippen LogP contribution < -0.4 is 15.6 Å². The molecule has 0 amide bonds. The molecule has 1 aliphatic rings. The van der Waals surface area contributed by atoms with Gasteiger partial charge in [0, 0.05) is 31.5 Å². The third-order valence-corrected chi connectivity index (χ3v) is 2.65. The predicted octanol–water partition coefficient (Wildman–Crippen LogP) is -1.71. The Balaban J connectivity index is 2.24. The fraction of sp³-hybridized carbons (Fsp3) is 0.545. The van der Waals surface area contributed by atoms with Crippen molar-refractivity contribution < 1.29 is 14.6 Å². The number of carboxylic acid groups (broad SMARTS) is 1. The summed E-state index contributed by atoms with van der Waals surface area (Å²) in [5.74, 6) is -0.688. The molecule has 18 heavy (non-hydrogen) atoms. The molecule has 98 valence electrons. The molecule has 1 aromatic heterocycles. The van der Waals surface area contributed by atoms with Crippen LogP contribution in [0.5, 0.6) is 0 Å². The van der Waals surface area contributed by atoms with Gasteiger partial charge >= 0.3 is 0 Å². The number of hydrogen-bond acceptors (Lipinski definition) is 6. The van der Waals surface area contributed by atoms with E-state index in [0.29, 0.717) is 25.5 Å². The van der Waals surface area contributed by atoms with Crippen molar-refractivity contribution in [2.75, 3.05) is 24.6 Å². The van der Waals surface area contributed by atoms with Crippen molar-refractivity contribution in [1.29, 1.82) is 0 Å². The lowest BCUT2D eigenvalue weighted by Crippen LogP contribution is -2.42. The van der Waals surface area contributed by atoms with Gasteiger partial charge in [0.1, 0.15) is 11.6 Å². The maximum absolute atomic E-state index is 11.4. The molecule has 0 radical (unpaired) electrons. The molecule has 1 N–H and O–H groups in total. The largest absolute Gasteiger partial charge is 0.550 e. The Morgan fingerprint density at radius 2 is 2.50 bits per heavy atom. The molecule has 1 aromatic rings. The Bertz CT molecular complexity index is 499. The first-order valence-corrected chi connectivity index (χ1v) is 5.71. The fourth-order valence-corrected chi connectivity index (χ4v) is 1.90. The van der Waals surface area contributed by atoms with Crippen molar-refractivity contribution in [1.82, 2.24) is 9.97 Å². The van der Waals surface area contributed by atoms with Crippen LogP contribution >= 0.6 is 0 Å². The maximum atomic E-state index is 11.4. The number of aromatic amines is 1. The lowest BCUT2D eigenvalue weighted by molar-refractivity contribution is -0.304. The molecule has 7 nitrogen and oxygen atoms in total. The molecule has 2 rings (SSSR count). The summed E-state index contributed by atoms with van der Waals surface area (Å²) < 4.78 is 5.40. The predicted molar refractivity (Wildman–Crippen MR) is 61.2 cm³/mol. The van der Waals surface area contributed by atoms with Gasteiger partial charge in [-0.3, -0.25) is 4.79 Å². The number of carboxylic acids is 1. The number of nitrogens with one attached hydrogen (secondary N) is 1. The van der Waals surface area contributed by atoms with Crippen molar-refractivity contribution in [2.24, 2.45) is 0 Å². The minimum atomic E-state index is -1.27. The smallest absolute Gasteiger partial charge is 0.252 e. The monoisotopic (exact) mass is 252 g/mol. The van der Waals surface area contributed by atoms with Crippen LogP contribution in [0, 0.1) is 0 Å². The second-order valence-corrected chi connectivity index (χ2v) is 4.23. The van der Waals surface area contributed by atoms with Gasteiger partial charge in [-0.25, -0.2) is 4.98 Å². The van der Waals surface area contributed by atoms with Gasteiger partial charge in [-0.15, -0.1) is 0 Å². The summed E-state index contributed by atoms with van der Waals surface area (Å²) in [7, 11) is 0. The number of rotatable bonds is 3. The normalized spacial score (nSPS) is 19.8. The molecular formula is C11H14N3O4-. The van der Waals surface area contributed by atoms with Crippen molar-refractivity contribution in [2.45, 2.75) is 19.4 Å². The number of aromatic nitrogens is 2. The minimum absolute atomic E-state index is 0.0597. The Kier molecular flexibility index (Phi) is 3.61. The Morgan fingerprint density at radius 3 is 3.17 bits per heavy atom. The summed E-state index contributed by atoms with van der Waals surface area (Å²) in [6.07, 6.45) is -0.340. The van der Waals surface area contributed by atoms with E-state index in [1.165, 1.54) is 6.07 Å². The number of morpholine rings is 1. The van der Waals surface area contributed by atoms with Gasteiger partial charge in [-0.2, -0.15) is 0 Å². The quantitative estimate of drug-likeness (QED) is 0.687. The molecule has 0 bridgehead atoms. The zero-order chi connectivity index (χ0) is 13.1. The highest BCUT2D eigenvalue weighted by atomic mass is 16.5. The zero-order valence-electron chi connectivity index (χ0n) is 10.0. The van der Waals surface area contributed by atoms with Gasteiger partial charge in [-0.1, -0.05) is 0 Å². The van der Waals surface area contributed by atoms with Gasteiger partial charge in [0.15, 0.2) is 0 Å². The molecule has 1 unspecified atom stereocenters. The lowest BCUT2D eigenvalue weighted by atomic mass is 10.3. The molecule has 0 aromatic carbocycles. The average molecular weight is 252 g/mol. The number of H-pyrrole nitrogens is 1. The SMILES string of the molecule is CC1CN(c2cc(=O)[nH]c(CC(=O)[O-])n2)CCO1. The van der Waals surface area contributed by atoms with E-state index in [0.717, 1.165) is 0 Å². The van der Waals surface area contributed by atoms with Crippen LogP contribution in [0.15, 0.2) is 10.9 Å². The van der Waals surface area contributed by atoms with Crippen LogP contribution in [0.3, 0.4) is 0 Å². The van der Waals surface area contributed by atoms with Gasteiger partial charge < -0.3 is 24.5 Å². The summed E-state index contributed by atoms with van der Waals surface area (Å²) >= 11 is 0. The molecular weight excluding hydrogens is 238 g/mol. The molecule has 1 fully saturated rings. The molecule has 0 saturated carbocycles. The Labute approximate surface area is 103 Å². The number of ether oxygens (including phenoxy) is 1. The van der Waals surface area contributed by atoms with Gasteiger partial charge in [0.2, 0.25) is 0 Å². The highest BCUT2D eigenvalue weighted by Crippen LogP contribution is 2.13. The molecule has 0 spiro atoms. The number of carbonyl (C=O) groups is 1. The summed E-state index contributed by atoms with van der Waals surface area (Å²) in [6.45, 7) is 3.75. The number of aliphatic carboxylic acids is 1. The van der Waals surface area contributed by atoms with Crippen molar-refractivity contribution in [3.8, 4) is 0 Å². The maximum Gasteiger partial charge on any atom is 0.252 e. The van der Waals surface area contributed by atoms with E-state index in [1.807, 2.05) is 11.8 Å². The standard InChI is InChI=1S/C11H15N3O4/c1-7-6-14(2-3-18-7)9-5-10(15)13-8(12-9)4-11(16)17/h5,7H,2-4,6H2,1H3,(H,16,17)(H,12,13,15)/p-1. The Hall–Kier alpha value is -1.89. The van der Waals surface area contributed by atoms with Crippen LogP contribution in [0.4, 0.5) is 5.82 Å². The molecule has 7 heteroatoms. The summed E-state index contributed by atoms with van der Waals surface area (Å²) in [5, 5.41) is 10.5. The average Bonchev–Trinajstić information content (AvgIpc) is 2.27. The highest BCUT2D eigenvalue weighted by Gasteiger charge is 2.18. The van der Waals surface area contributed by atoms with Crippen LogP contribution in [0.1, 0.15) is 12.7 Å². The molecule has 1 atom stereocenters. The fourth-order valence-electron chi connectivity index (χ4n) is 1.90. The first-order valence-electron chi connectivity index (χ1n) is 5.71. The molecule has 1 saturated heterocycles. The second kappa shape index (κ2) is 5.18. The van der Waals surface area contributed by atoms with Gasteiger partial charge in [0.25, 0.3) is 5.56 Å². The van der Waals surface area contributed by atoms with Crippen molar-refractivity contribution in [3.05, 3.63) is 22.2 Å². The zero-order valence-corrected chi connectivity index (χ0v) is 10.0. The summed E-state index contributed by atoms with van der Waals surface area (Å²) in [4.78, 5) is 30.4. The van der Waals surface area contributed by atoms with E-state index in [4.69, 9.17) is 4.74 Å². The minimum Gasteiger partial charge on any atom is -0.550 e. The first-order chi connectivity index (χ1) is 8.54. The number of anilines is 1. The third kappa shape index (κ3) is 3.07. The number of hydrogen-bond donors (Lipinski definition) is 1. The van der Waals surface area contributed by atoms with Crippen LogP contribution in [0.2, 0.25) is 0 Å². The van der Waals surface area contributed by atoms with E-state index < -0.39 is 12.4 Å². The van der Waals surface area contributed by atoms with E-state index in [1.54, 1.807) is 0 Å². The first kappa shape index (κ1) is 12.6. The van der Waals surface area contributed by atoms with E-state index in [9.17, 15) is 14.7 Å². The summed E-state index contributed by atoms with van der Waals surface area (Å²) in [6, 6.07) is 1.36. The van der Waals surface area contributed by atoms with E-state index in [2.05, 4.69) is 9.97 Å². The van der Waals surface area contributed by atoms with E-state index in [-0.39, 0.29) is 17.5 Å². The lowest BCUT2D eigenvalue weighted by Gasteiger charge is -2.32. The van der Waals surface area contributed by atoms with E-state index >= 15 is 0 Å². The van der Waals surface area contributed by atoms with Crippen LogP contribution in [0.25, 0.3) is 0 Å². The molecule has 2 heterocycles. The van der Waals surface area contributed by atoms with Crippen LogP contribution in [-0.2, 0) is 16.0 Å². The Morgan fingerprint density at radius 1 is 1.72 bits per heavy atom. The molecule has 0 aliphatic carbocycles. The molecule has 1 aliphatic heterocycles. The van der Waals surface area contributed by atoms with Crippen molar-refractivity contribution >= 4 is 11.8 Å².